The quantitative estimate of drug-likeness (QED) is 0.110. The maximum atomic E-state index is 12.4. The van der Waals surface area contributed by atoms with E-state index in [1.54, 1.807) is 0 Å². The number of carbonyl (C=O) groups excluding carboxylic acids is 1. The molecule has 0 radical (unpaired) electrons. The van der Waals surface area contributed by atoms with Crippen LogP contribution < -0.4 is 10.6 Å². The van der Waals surface area contributed by atoms with Gasteiger partial charge in [0.1, 0.15) is 5.69 Å². The van der Waals surface area contributed by atoms with Gasteiger partial charge in [-0.1, -0.05) is 151 Å². The number of thioether (sulfide) groups is 1. The van der Waals surface area contributed by atoms with E-state index in [9.17, 15) is 9.90 Å². The highest BCUT2D eigenvalue weighted by molar-refractivity contribution is 7.99. The highest BCUT2D eigenvalue weighted by Crippen LogP contribution is 2.41. The zero-order valence-electron chi connectivity index (χ0n) is 28.0. The van der Waals surface area contributed by atoms with Gasteiger partial charge in [-0.2, -0.15) is 0 Å². The van der Waals surface area contributed by atoms with Crippen LogP contribution in [0, 0.1) is 0 Å². The number of benzene rings is 5. The van der Waals surface area contributed by atoms with Crippen molar-refractivity contribution in [3.8, 4) is 22.6 Å². The molecule has 1 aliphatic rings. The molecule has 0 aliphatic carbocycles. The predicted octanol–water partition coefficient (Wildman–Crippen LogP) is 8.84. The molecule has 1 fully saturated rings. The van der Waals surface area contributed by atoms with Gasteiger partial charge >= 0.3 is 6.03 Å². The van der Waals surface area contributed by atoms with Crippen molar-refractivity contribution in [3.05, 3.63) is 167 Å². The third-order valence-electron chi connectivity index (χ3n) is 8.70. The number of aliphatic hydroxyl groups is 1. The van der Waals surface area contributed by atoms with Crippen LogP contribution in [-0.4, -0.2) is 28.0 Å². The standard InChI is InChI=1S/C42H39N3O5S/c46-27-31-18-20-32(21-19-31)37-24-36(28-51-42-45-38(33-12-6-2-7-13-33)39(50-42)34-14-8-3-9-15-34)48-40(49-37)35-22-16-30(17-23-35)26-44-41(47)43-25-29-10-4-1-5-11-29/h1-23,36-37,40,46H,24-28H2,(H2,43,44,47). The number of amides is 2. The van der Waals surface area contributed by atoms with Gasteiger partial charge in [-0.15, -0.1) is 0 Å². The molecule has 1 saturated heterocycles. The van der Waals surface area contributed by atoms with Crippen LogP contribution in [0.2, 0.25) is 0 Å². The molecule has 3 N–H and O–H groups in total. The third-order valence-corrected chi connectivity index (χ3v) is 9.66. The van der Waals surface area contributed by atoms with Crippen LogP contribution in [0.3, 0.4) is 0 Å². The van der Waals surface area contributed by atoms with Crippen molar-refractivity contribution >= 4 is 17.8 Å². The SMILES string of the molecule is O=C(NCc1ccccc1)NCc1ccc(C2OC(CSc3nc(-c4ccccc4)c(-c4ccccc4)o3)CC(c3ccc(CO)cc3)O2)cc1. The van der Waals surface area contributed by atoms with Gasteiger partial charge in [0.25, 0.3) is 5.22 Å². The number of aliphatic hydroxyl groups excluding tert-OH is 1. The van der Waals surface area contributed by atoms with Crippen LogP contribution in [0.4, 0.5) is 4.79 Å². The Labute approximate surface area is 301 Å². The highest BCUT2D eigenvalue weighted by atomic mass is 32.2. The topological polar surface area (TPSA) is 106 Å². The lowest BCUT2D eigenvalue weighted by Gasteiger charge is -2.36. The van der Waals surface area contributed by atoms with Gasteiger partial charge in [-0.05, 0) is 22.3 Å². The summed E-state index contributed by atoms with van der Waals surface area (Å²) in [6, 6.07) is 45.5. The van der Waals surface area contributed by atoms with E-state index in [-0.39, 0.29) is 24.8 Å². The molecule has 5 aromatic carbocycles. The minimum atomic E-state index is -0.604. The van der Waals surface area contributed by atoms with Crippen LogP contribution in [0.25, 0.3) is 22.6 Å². The second-order valence-corrected chi connectivity index (χ2v) is 13.3. The molecule has 2 heterocycles. The molecule has 3 unspecified atom stereocenters. The Morgan fingerprint density at radius 1 is 0.686 bits per heavy atom. The first-order valence-corrected chi connectivity index (χ1v) is 18.0. The Morgan fingerprint density at radius 3 is 1.90 bits per heavy atom. The van der Waals surface area contributed by atoms with Crippen molar-refractivity contribution in [1.82, 2.24) is 15.6 Å². The minimum absolute atomic E-state index is 0.0151. The zero-order chi connectivity index (χ0) is 34.8. The molecule has 51 heavy (non-hydrogen) atoms. The van der Waals surface area contributed by atoms with Crippen molar-refractivity contribution in [2.75, 3.05) is 5.75 Å². The Morgan fingerprint density at radius 2 is 1.25 bits per heavy atom. The number of oxazole rings is 1. The van der Waals surface area contributed by atoms with Crippen molar-refractivity contribution in [2.45, 2.75) is 49.8 Å². The molecule has 6 aromatic rings. The summed E-state index contributed by atoms with van der Waals surface area (Å²) in [4.78, 5) is 17.3. The molecule has 9 heteroatoms. The van der Waals surface area contributed by atoms with Gasteiger partial charge in [-0.25, -0.2) is 9.78 Å². The molecule has 0 bridgehead atoms. The van der Waals surface area contributed by atoms with E-state index in [2.05, 4.69) is 10.6 Å². The molecule has 2 amide bonds. The van der Waals surface area contributed by atoms with E-state index in [1.807, 2.05) is 140 Å². The van der Waals surface area contributed by atoms with Crippen molar-refractivity contribution < 1.29 is 23.8 Å². The van der Waals surface area contributed by atoms with E-state index < -0.39 is 6.29 Å². The molecule has 258 valence electrons. The number of nitrogens with one attached hydrogen (secondary N) is 2. The number of aromatic nitrogens is 1. The van der Waals surface area contributed by atoms with E-state index in [4.69, 9.17) is 18.9 Å². The Bertz CT molecular complexity index is 1930. The number of hydrogen-bond donors (Lipinski definition) is 3. The van der Waals surface area contributed by atoms with Gasteiger partial charge in [0.05, 0.1) is 18.8 Å². The Kier molecular flexibility index (Phi) is 11.2. The van der Waals surface area contributed by atoms with Gasteiger partial charge in [0.2, 0.25) is 0 Å². The van der Waals surface area contributed by atoms with Gasteiger partial charge in [-0.3, -0.25) is 0 Å². The highest BCUT2D eigenvalue weighted by Gasteiger charge is 2.33. The number of rotatable bonds is 12. The molecule has 0 spiro atoms. The Hall–Kier alpha value is -5.19. The average molecular weight is 698 g/mol. The van der Waals surface area contributed by atoms with Gasteiger partial charge in [0.15, 0.2) is 12.1 Å². The van der Waals surface area contributed by atoms with Crippen LogP contribution >= 0.6 is 11.8 Å². The number of ether oxygens (including phenoxy) is 2. The summed E-state index contributed by atoms with van der Waals surface area (Å²) in [6.45, 7) is 0.834. The fourth-order valence-electron chi connectivity index (χ4n) is 5.94. The number of hydrogen-bond acceptors (Lipinski definition) is 7. The van der Waals surface area contributed by atoms with E-state index in [1.165, 1.54) is 11.8 Å². The van der Waals surface area contributed by atoms with Crippen molar-refractivity contribution in [2.24, 2.45) is 0 Å². The normalized spacial score (nSPS) is 17.2. The van der Waals surface area contributed by atoms with Crippen LogP contribution in [0.15, 0.2) is 149 Å². The summed E-state index contributed by atoms with van der Waals surface area (Å²) in [6.07, 6.45) is -0.355. The van der Waals surface area contributed by atoms with E-state index in [0.29, 0.717) is 30.5 Å². The lowest BCUT2D eigenvalue weighted by Crippen LogP contribution is -2.34. The van der Waals surface area contributed by atoms with Crippen molar-refractivity contribution in [3.63, 3.8) is 0 Å². The monoisotopic (exact) mass is 697 g/mol. The molecule has 1 aromatic heterocycles. The maximum absolute atomic E-state index is 12.4. The number of carbonyl (C=O) groups is 1. The van der Waals surface area contributed by atoms with E-state index in [0.717, 1.165) is 50.4 Å². The molecule has 7 rings (SSSR count). The van der Waals surface area contributed by atoms with E-state index >= 15 is 0 Å². The minimum Gasteiger partial charge on any atom is -0.431 e. The fraction of sp³-hybridized carbons (Fsp3) is 0.190. The number of urea groups is 1. The fourth-order valence-corrected chi connectivity index (χ4v) is 6.78. The second kappa shape index (κ2) is 16.7. The summed E-state index contributed by atoms with van der Waals surface area (Å²) in [5, 5.41) is 16.0. The third kappa shape index (κ3) is 8.95. The van der Waals surface area contributed by atoms with Crippen LogP contribution in [0.1, 0.15) is 46.6 Å². The summed E-state index contributed by atoms with van der Waals surface area (Å²) >= 11 is 1.53. The molecule has 8 nitrogen and oxygen atoms in total. The predicted molar refractivity (Wildman–Crippen MR) is 198 cm³/mol. The molecule has 0 saturated carbocycles. The first kappa shape index (κ1) is 34.3. The Balaban J connectivity index is 1.04. The number of nitrogens with zero attached hydrogens (tertiary/aromatic N) is 1. The molecular formula is C42H39N3O5S. The maximum Gasteiger partial charge on any atom is 0.315 e. The van der Waals surface area contributed by atoms with Crippen molar-refractivity contribution in [1.29, 1.82) is 0 Å². The molecule has 1 aliphatic heterocycles. The average Bonchev–Trinajstić information content (AvgIpc) is 3.64. The largest absolute Gasteiger partial charge is 0.431 e. The summed E-state index contributed by atoms with van der Waals surface area (Å²) in [5.74, 6) is 1.34. The van der Waals surface area contributed by atoms with Crippen LogP contribution in [-0.2, 0) is 29.2 Å². The second-order valence-electron chi connectivity index (χ2n) is 12.3. The lowest BCUT2D eigenvalue weighted by molar-refractivity contribution is -0.245. The smallest absolute Gasteiger partial charge is 0.315 e. The summed E-state index contributed by atoms with van der Waals surface area (Å²) < 4.78 is 19.5. The molecular weight excluding hydrogens is 659 g/mol. The van der Waals surface area contributed by atoms with Crippen LogP contribution in [0.5, 0.6) is 0 Å². The molecule has 3 atom stereocenters. The first-order chi connectivity index (χ1) is 25.1. The zero-order valence-corrected chi connectivity index (χ0v) is 28.8. The summed E-state index contributed by atoms with van der Waals surface area (Å²) in [7, 11) is 0. The van der Waals surface area contributed by atoms with Gasteiger partial charge in [0, 0.05) is 42.0 Å². The van der Waals surface area contributed by atoms with Gasteiger partial charge < -0.3 is 29.6 Å². The summed E-state index contributed by atoms with van der Waals surface area (Å²) in [5.41, 5.74) is 7.51. The first-order valence-electron chi connectivity index (χ1n) is 17.0. The lowest BCUT2D eigenvalue weighted by atomic mass is 10.0.